The fraction of sp³-hybridized carbons (Fsp3) is 0.278. The fourth-order valence-corrected chi connectivity index (χ4v) is 2.61. The quantitative estimate of drug-likeness (QED) is 0.427. The maximum atomic E-state index is 12.3. The molecule has 3 aromatic rings. The normalized spacial score (nSPS) is 11.0. The number of benzene rings is 1. The van der Waals surface area contributed by atoms with Crippen molar-refractivity contribution in [2.45, 2.75) is 26.4 Å². The van der Waals surface area contributed by atoms with Gasteiger partial charge in [-0.2, -0.15) is 8.97 Å². The van der Waals surface area contributed by atoms with Gasteiger partial charge in [0.1, 0.15) is 5.66 Å². The van der Waals surface area contributed by atoms with Crippen LogP contribution in [0.1, 0.15) is 25.6 Å². The predicted molar refractivity (Wildman–Crippen MR) is 101 cm³/mol. The number of nitrogens with two attached hydrogens (primary N) is 1. The lowest BCUT2D eigenvalue weighted by Gasteiger charge is -2.18. The number of anilines is 1. The molecule has 2 aromatic heterocycles. The molecule has 132 valence electrons. The van der Waals surface area contributed by atoms with Gasteiger partial charge in [0.2, 0.25) is 5.82 Å². The number of aromatic nitrogens is 3. The van der Waals surface area contributed by atoms with Crippen molar-refractivity contribution >= 4 is 29.1 Å². The van der Waals surface area contributed by atoms with E-state index in [1.807, 2.05) is 60.8 Å². The van der Waals surface area contributed by atoms with Crippen LogP contribution >= 0.6 is 11.6 Å². The first-order valence-electron chi connectivity index (χ1n) is 7.81. The Morgan fingerprint density at radius 3 is 2.44 bits per heavy atom. The Hall–Kier alpha value is -2.44. The first kappa shape index (κ1) is 18.9. The highest BCUT2D eigenvalue weighted by Gasteiger charge is 2.30. The molecule has 0 aliphatic heterocycles. The zero-order valence-electron chi connectivity index (χ0n) is 14.8. The average Bonchev–Trinajstić information content (AvgIpc) is 2.90. The third kappa shape index (κ3) is 3.97. The van der Waals surface area contributed by atoms with Crippen LogP contribution in [0.4, 0.5) is 5.82 Å². The SMILES string of the molecule is CC(=O)n1c(-c2ccccc2)c(NC(C)(C)N)[n+]2cccnc12.CCl. The molecular formula is C18H23ClN5O+. The first-order valence-corrected chi connectivity index (χ1v) is 8.56. The maximum absolute atomic E-state index is 12.3. The number of rotatable bonds is 3. The summed E-state index contributed by atoms with van der Waals surface area (Å²) in [5.74, 6) is 1.18. The van der Waals surface area contributed by atoms with Crippen molar-refractivity contribution in [3.8, 4) is 11.3 Å². The second-order valence-corrected chi connectivity index (χ2v) is 6.05. The molecular weight excluding hydrogens is 338 g/mol. The van der Waals surface area contributed by atoms with Crippen molar-refractivity contribution in [3.05, 3.63) is 48.8 Å². The number of halogens is 1. The number of hydrogen-bond donors (Lipinski definition) is 2. The number of carbonyl (C=O) groups is 1. The molecule has 3 N–H and O–H groups in total. The fourth-order valence-electron chi connectivity index (χ4n) is 2.61. The number of hydrogen-bond acceptors (Lipinski definition) is 4. The van der Waals surface area contributed by atoms with Crippen LogP contribution in [-0.4, -0.2) is 27.5 Å². The molecule has 1 aromatic carbocycles. The summed E-state index contributed by atoms with van der Waals surface area (Å²) in [5.41, 5.74) is 7.16. The monoisotopic (exact) mass is 360 g/mol. The van der Waals surface area contributed by atoms with Gasteiger partial charge in [-0.3, -0.25) is 4.79 Å². The predicted octanol–water partition coefficient (Wildman–Crippen LogP) is 2.91. The number of nitrogens with one attached hydrogen (secondary N) is 1. The minimum absolute atomic E-state index is 0.108. The van der Waals surface area contributed by atoms with Crippen molar-refractivity contribution in [1.82, 2.24) is 9.55 Å². The Balaban J connectivity index is 0.00000109. The highest BCUT2D eigenvalue weighted by molar-refractivity contribution is 6.15. The zero-order chi connectivity index (χ0) is 18.6. The van der Waals surface area contributed by atoms with Crippen LogP contribution < -0.4 is 15.5 Å². The Bertz CT molecular complexity index is 868. The summed E-state index contributed by atoms with van der Waals surface area (Å²) >= 11 is 4.64. The molecule has 0 unspecified atom stereocenters. The second-order valence-electron chi connectivity index (χ2n) is 6.05. The summed E-state index contributed by atoms with van der Waals surface area (Å²) in [4.78, 5) is 16.6. The largest absolute Gasteiger partial charge is 0.366 e. The van der Waals surface area contributed by atoms with E-state index in [2.05, 4.69) is 21.9 Å². The van der Waals surface area contributed by atoms with Crippen LogP contribution in [0.15, 0.2) is 48.8 Å². The number of carbonyl (C=O) groups excluding carboxylic acids is 1. The summed E-state index contributed by atoms with van der Waals surface area (Å²) < 4.78 is 3.45. The topological polar surface area (TPSA) is 77.0 Å². The lowest BCUT2D eigenvalue weighted by Crippen LogP contribution is -2.44. The Morgan fingerprint density at radius 2 is 1.88 bits per heavy atom. The zero-order valence-corrected chi connectivity index (χ0v) is 15.6. The minimum Gasteiger partial charge on any atom is -0.301 e. The van der Waals surface area contributed by atoms with E-state index in [4.69, 9.17) is 5.73 Å². The molecule has 0 bridgehead atoms. The van der Waals surface area contributed by atoms with Gasteiger partial charge in [0.05, 0.1) is 12.4 Å². The molecule has 2 heterocycles. The third-order valence-electron chi connectivity index (χ3n) is 3.42. The molecule has 7 heteroatoms. The molecule has 25 heavy (non-hydrogen) atoms. The number of imidazole rings is 1. The summed E-state index contributed by atoms with van der Waals surface area (Å²) in [5, 5.41) is 3.29. The van der Waals surface area contributed by atoms with Crippen LogP contribution in [0.25, 0.3) is 17.0 Å². The molecule has 0 amide bonds. The van der Waals surface area contributed by atoms with Gasteiger partial charge in [0, 0.05) is 18.9 Å². The average molecular weight is 361 g/mol. The molecule has 0 saturated carbocycles. The standard InChI is InChI=1S/C17H20N5O.CH3Cl/c1-12(23)22-14(13-8-5-4-6-9-13)15(20-17(2,3)18)21-11-7-10-19-16(21)22;1-2/h4-11,20H,18H2,1-3H3;1H3/q+1;. The van der Waals surface area contributed by atoms with Gasteiger partial charge in [0.15, 0.2) is 5.69 Å². The van der Waals surface area contributed by atoms with Gasteiger partial charge < -0.3 is 11.1 Å². The molecule has 0 radical (unpaired) electrons. The van der Waals surface area contributed by atoms with Crippen LogP contribution in [0.2, 0.25) is 0 Å². The van der Waals surface area contributed by atoms with Gasteiger partial charge >= 0.3 is 5.78 Å². The van der Waals surface area contributed by atoms with Crippen LogP contribution in [0.5, 0.6) is 0 Å². The molecule has 0 atom stereocenters. The van der Waals surface area contributed by atoms with Gasteiger partial charge in [-0.1, -0.05) is 30.3 Å². The van der Waals surface area contributed by atoms with Crippen molar-refractivity contribution in [1.29, 1.82) is 0 Å². The van der Waals surface area contributed by atoms with Crippen molar-refractivity contribution in [3.63, 3.8) is 0 Å². The summed E-state index contributed by atoms with van der Waals surface area (Å²) in [6.07, 6.45) is 5.00. The van der Waals surface area contributed by atoms with E-state index in [0.29, 0.717) is 5.78 Å². The van der Waals surface area contributed by atoms with E-state index in [0.717, 1.165) is 17.1 Å². The second kappa shape index (κ2) is 7.63. The van der Waals surface area contributed by atoms with Crippen molar-refractivity contribution in [2.75, 3.05) is 11.7 Å². The van der Waals surface area contributed by atoms with Crippen LogP contribution in [0, 0.1) is 0 Å². The molecule has 0 saturated heterocycles. The highest BCUT2D eigenvalue weighted by atomic mass is 35.5. The smallest absolute Gasteiger partial charge is 0.301 e. The van der Waals surface area contributed by atoms with E-state index in [9.17, 15) is 4.79 Å². The number of fused-ring (bicyclic) bond motifs is 1. The van der Waals surface area contributed by atoms with Crippen molar-refractivity contribution < 1.29 is 9.20 Å². The van der Waals surface area contributed by atoms with Crippen LogP contribution in [0.3, 0.4) is 0 Å². The third-order valence-corrected chi connectivity index (χ3v) is 3.42. The summed E-state index contributed by atoms with van der Waals surface area (Å²) in [7, 11) is 0. The van der Waals surface area contributed by atoms with E-state index < -0.39 is 5.66 Å². The van der Waals surface area contributed by atoms with Gasteiger partial charge in [-0.05, 0) is 19.9 Å². The van der Waals surface area contributed by atoms with Gasteiger partial charge in [0.25, 0.3) is 5.91 Å². The number of alkyl halides is 1. The molecule has 0 aliphatic rings. The molecule has 6 nitrogen and oxygen atoms in total. The van der Waals surface area contributed by atoms with E-state index in [1.54, 1.807) is 10.8 Å². The first-order chi connectivity index (χ1) is 11.9. The van der Waals surface area contributed by atoms with Crippen LogP contribution in [-0.2, 0) is 0 Å². The summed E-state index contributed by atoms with van der Waals surface area (Å²) in [6.45, 7) is 5.27. The summed E-state index contributed by atoms with van der Waals surface area (Å²) in [6, 6.07) is 11.6. The highest BCUT2D eigenvalue weighted by Crippen LogP contribution is 2.28. The lowest BCUT2D eigenvalue weighted by molar-refractivity contribution is -0.497. The van der Waals surface area contributed by atoms with E-state index in [-0.39, 0.29) is 5.91 Å². The number of nitrogens with zero attached hydrogens (tertiary/aromatic N) is 3. The van der Waals surface area contributed by atoms with E-state index in [1.165, 1.54) is 13.3 Å². The molecule has 0 spiro atoms. The van der Waals surface area contributed by atoms with Gasteiger partial charge in [-0.25, -0.2) is 0 Å². The Kier molecular flexibility index (Phi) is 5.77. The molecule has 0 fully saturated rings. The maximum Gasteiger partial charge on any atom is 0.366 e. The molecule has 0 aliphatic carbocycles. The van der Waals surface area contributed by atoms with Crippen molar-refractivity contribution in [2.24, 2.45) is 5.73 Å². The molecule has 3 rings (SSSR count). The van der Waals surface area contributed by atoms with Gasteiger partial charge in [-0.15, -0.1) is 16.6 Å². The Labute approximate surface area is 152 Å². The lowest BCUT2D eigenvalue weighted by atomic mass is 10.1. The Morgan fingerprint density at radius 1 is 1.24 bits per heavy atom. The minimum atomic E-state index is -0.651. The van der Waals surface area contributed by atoms with E-state index >= 15 is 0 Å².